The van der Waals surface area contributed by atoms with Gasteiger partial charge in [0.05, 0.1) is 0 Å². The lowest BCUT2D eigenvalue weighted by atomic mass is 9.85. The molecule has 0 aromatic heterocycles. The molecule has 1 aliphatic rings. The molecule has 0 bridgehead atoms. The Bertz CT molecular complexity index is 119. The third-order valence-electron chi connectivity index (χ3n) is 2.46. The number of hydrogen-bond donors (Lipinski definition) is 0. The molecule has 0 spiro atoms. The molecule has 0 aliphatic heterocycles. The summed E-state index contributed by atoms with van der Waals surface area (Å²) in [6.45, 7) is 3.83. The minimum absolute atomic E-state index is 0.448. The first-order valence-electron chi connectivity index (χ1n) is 4.34. The average molecular weight is 194 g/mol. The van der Waals surface area contributed by atoms with E-state index in [0.717, 1.165) is 19.3 Å². The number of hydrogen-bond acceptors (Lipinski definition) is 0. The van der Waals surface area contributed by atoms with E-state index in [0.29, 0.717) is 5.92 Å². The predicted octanol–water partition coefficient (Wildman–Crippen LogP) is 3.96. The van der Waals surface area contributed by atoms with Gasteiger partial charge in [-0.15, -0.1) is 23.2 Å². The van der Waals surface area contributed by atoms with Crippen molar-refractivity contribution in [1.82, 2.24) is 0 Å². The van der Waals surface area contributed by atoms with Crippen molar-refractivity contribution in [2.75, 3.05) is 0 Å². The minimum Gasteiger partial charge on any atom is -0.101 e. The summed E-state index contributed by atoms with van der Waals surface area (Å²) in [7, 11) is 0. The van der Waals surface area contributed by atoms with Gasteiger partial charge in [-0.1, -0.05) is 26.2 Å². The summed E-state index contributed by atoms with van der Waals surface area (Å²) < 4.78 is -0.448. The summed E-state index contributed by atoms with van der Waals surface area (Å²) in [5, 5.41) is 0. The zero-order valence-electron chi connectivity index (χ0n) is 6.78. The van der Waals surface area contributed by atoms with Crippen molar-refractivity contribution in [3.63, 3.8) is 0 Å². The largest absolute Gasteiger partial charge is 0.121 e. The highest BCUT2D eigenvalue weighted by Crippen LogP contribution is 2.44. The minimum atomic E-state index is -0.448. The molecule has 0 saturated heterocycles. The van der Waals surface area contributed by atoms with Gasteiger partial charge >= 0.3 is 0 Å². The van der Waals surface area contributed by atoms with E-state index in [1.165, 1.54) is 19.3 Å². The Morgan fingerprint density at radius 3 is 2.64 bits per heavy atom. The summed E-state index contributed by atoms with van der Waals surface area (Å²) in [4.78, 5) is 0. The first-order valence-corrected chi connectivity index (χ1v) is 5.09. The topological polar surface area (TPSA) is 0 Å². The fourth-order valence-electron chi connectivity index (χ4n) is 1.77. The van der Waals surface area contributed by atoms with Crippen molar-refractivity contribution in [2.24, 2.45) is 5.92 Å². The third-order valence-corrected chi connectivity index (χ3v) is 3.46. The van der Waals surface area contributed by atoms with Crippen molar-refractivity contribution < 1.29 is 0 Å². The Morgan fingerprint density at radius 2 is 2.09 bits per heavy atom. The van der Waals surface area contributed by atoms with E-state index in [-0.39, 0.29) is 0 Å². The highest BCUT2D eigenvalue weighted by atomic mass is 35.5. The van der Waals surface area contributed by atoms with Crippen LogP contribution in [-0.4, -0.2) is 4.33 Å². The van der Waals surface area contributed by atoms with Gasteiger partial charge in [0.1, 0.15) is 4.33 Å². The van der Waals surface area contributed by atoms with Gasteiger partial charge in [-0.25, -0.2) is 0 Å². The summed E-state index contributed by atoms with van der Waals surface area (Å²) in [5.41, 5.74) is 0. The Labute approximate surface area is 79.3 Å². The zero-order valence-corrected chi connectivity index (χ0v) is 8.29. The van der Waals surface area contributed by atoms with Gasteiger partial charge in [-0.2, -0.15) is 0 Å². The van der Waals surface area contributed by atoms with E-state index in [2.05, 4.69) is 6.92 Å². The van der Waals surface area contributed by atoms with Crippen LogP contribution in [-0.2, 0) is 0 Å². The lowest BCUT2D eigenvalue weighted by molar-refractivity contribution is 0.319. The average Bonchev–Trinajstić information content (AvgIpc) is 1.94. The maximum Gasteiger partial charge on any atom is 0.121 e. The van der Waals surface area contributed by atoms with Gasteiger partial charge in [0.25, 0.3) is 0 Å². The molecule has 2 heteroatoms. The molecule has 1 aliphatic carbocycles. The standard InChI is InChI=1S/C9H15Cl2/c1-2-5-8-6-3-4-7-9(8,10)11/h8H,1-7H2. The molecule has 0 amide bonds. The van der Waals surface area contributed by atoms with Crippen molar-refractivity contribution in [3.8, 4) is 0 Å². The lowest BCUT2D eigenvalue weighted by Gasteiger charge is -2.34. The van der Waals surface area contributed by atoms with Crippen LogP contribution in [0.3, 0.4) is 0 Å². The van der Waals surface area contributed by atoms with Crippen LogP contribution in [0.25, 0.3) is 0 Å². The number of rotatable bonds is 2. The van der Waals surface area contributed by atoms with E-state index in [1.54, 1.807) is 0 Å². The first kappa shape index (κ1) is 9.67. The molecule has 11 heavy (non-hydrogen) atoms. The van der Waals surface area contributed by atoms with Crippen LogP contribution in [0.1, 0.15) is 38.5 Å². The SMILES string of the molecule is [CH2]CCC1CCCCC1(Cl)Cl. The van der Waals surface area contributed by atoms with Gasteiger partial charge in [0, 0.05) is 0 Å². The monoisotopic (exact) mass is 193 g/mol. The highest BCUT2D eigenvalue weighted by Gasteiger charge is 2.35. The van der Waals surface area contributed by atoms with Crippen molar-refractivity contribution in [1.29, 1.82) is 0 Å². The van der Waals surface area contributed by atoms with Crippen molar-refractivity contribution in [2.45, 2.75) is 42.9 Å². The van der Waals surface area contributed by atoms with Crippen LogP contribution in [0, 0.1) is 12.8 Å². The summed E-state index contributed by atoms with van der Waals surface area (Å²) in [5.74, 6) is 0.483. The van der Waals surface area contributed by atoms with Crippen LogP contribution in [0.15, 0.2) is 0 Å². The van der Waals surface area contributed by atoms with Crippen molar-refractivity contribution >= 4 is 23.2 Å². The molecule has 1 unspecified atom stereocenters. The molecule has 0 aromatic carbocycles. The molecular formula is C9H15Cl2. The molecule has 1 saturated carbocycles. The summed E-state index contributed by atoms with van der Waals surface area (Å²) in [6, 6.07) is 0. The van der Waals surface area contributed by atoms with Gasteiger partial charge in [0.15, 0.2) is 0 Å². The van der Waals surface area contributed by atoms with Crippen LogP contribution < -0.4 is 0 Å². The summed E-state index contributed by atoms with van der Waals surface area (Å²) in [6.07, 6.45) is 6.63. The second-order valence-corrected chi connectivity index (χ2v) is 4.89. The van der Waals surface area contributed by atoms with Gasteiger partial charge in [-0.05, 0) is 25.2 Å². The van der Waals surface area contributed by atoms with E-state index in [9.17, 15) is 0 Å². The third kappa shape index (κ3) is 2.52. The molecule has 0 nitrogen and oxygen atoms in total. The Kier molecular flexibility index (Phi) is 3.52. The van der Waals surface area contributed by atoms with Gasteiger partial charge in [-0.3, -0.25) is 0 Å². The van der Waals surface area contributed by atoms with Crippen LogP contribution >= 0.6 is 23.2 Å². The number of halogens is 2. The van der Waals surface area contributed by atoms with Gasteiger partial charge in [0.2, 0.25) is 0 Å². The Morgan fingerprint density at radius 1 is 1.36 bits per heavy atom. The first-order chi connectivity index (χ1) is 5.17. The maximum atomic E-state index is 6.15. The number of alkyl halides is 2. The fourth-order valence-corrected chi connectivity index (χ4v) is 2.47. The molecular weight excluding hydrogens is 179 g/mol. The van der Waals surface area contributed by atoms with Gasteiger partial charge < -0.3 is 0 Å². The smallest absolute Gasteiger partial charge is 0.101 e. The van der Waals surface area contributed by atoms with Crippen LogP contribution in [0.5, 0.6) is 0 Å². The molecule has 1 radical (unpaired) electrons. The quantitative estimate of drug-likeness (QED) is 0.583. The second kappa shape index (κ2) is 4.00. The van der Waals surface area contributed by atoms with E-state index < -0.39 is 4.33 Å². The van der Waals surface area contributed by atoms with Crippen molar-refractivity contribution in [3.05, 3.63) is 6.92 Å². The maximum absolute atomic E-state index is 6.15. The zero-order chi connectivity index (χ0) is 8.32. The predicted molar refractivity (Wildman–Crippen MR) is 51.0 cm³/mol. The molecule has 65 valence electrons. The van der Waals surface area contributed by atoms with Crippen LogP contribution in [0.2, 0.25) is 0 Å². The molecule has 1 atom stereocenters. The highest BCUT2D eigenvalue weighted by molar-refractivity contribution is 6.48. The summed E-state index contributed by atoms with van der Waals surface area (Å²) >= 11 is 12.3. The Hall–Kier alpha value is 0.580. The van der Waals surface area contributed by atoms with Crippen LogP contribution in [0.4, 0.5) is 0 Å². The fraction of sp³-hybridized carbons (Fsp3) is 0.889. The van der Waals surface area contributed by atoms with E-state index in [4.69, 9.17) is 23.2 Å². The molecule has 0 N–H and O–H groups in total. The molecule has 1 fully saturated rings. The molecule has 1 rings (SSSR count). The molecule has 0 heterocycles. The lowest BCUT2D eigenvalue weighted by Crippen LogP contribution is -2.29. The Balaban J connectivity index is 2.45. The van der Waals surface area contributed by atoms with E-state index in [1.807, 2.05) is 0 Å². The molecule has 0 aromatic rings. The second-order valence-electron chi connectivity index (χ2n) is 3.35. The normalized spacial score (nSPS) is 30.3. The van der Waals surface area contributed by atoms with E-state index >= 15 is 0 Å².